The molecule has 18 heavy (non-hydrogen) atoms. The Hall–Kier alpha value is -0.670. The third-order valence-corrected chi connectivity index (χ3v) is 5.34. The molecule has 1 aliphatic carbocycles. The Labute approximate surface area is 113 Å². The highest BCUT2D eigenvalue weighted by Gasteiger charge is 2.38. The van der Waals surface area contributed by atoms with Crippen molar-refractivity contribution in [3.8, 4) is 5.75 Å². The van der Waals surface area contributed by atoms with Crippen molar-refractivity contribution in [3.63, 3.8) is 0 Å². The molecule has 2 unspecified atom stereocenters. The second kappa shape index (κ2) is 4.78. The molecule has 1 aromatic rings. The number of hydrogen-bond acceptors (Lipinski definition) is 3. The van der Waals surface area contributed by atoms with Gasteiger partial charge < -0.3 is 9.84 Å². The van der Waals surface area contributed by atoms with Crippen molar-refractivity contribution in [3.05, 3.63) is 29.8 Å². The highest BCUT2D eigenvalue weighted by molar-refractivity contribution is 8.00. The van der Waals surface area contributed by atoms with Gasteiger partial charge in [-0.1, -0.05) is 19.1 Å². The van der Waals surface area contributed by atoms with Crippen molar-refractivity contribution in [2.24, 2.45) is 0 Å². The van der Waals surface area contributed by atoms with Crippen molar-refractivity contribution < 1.29 is 9.84 Å². The van der Waals surface area contributed by atoms with E-state index in [1.807, 2.05) is 36.0 Å². The molecule has 2 nitrogen and oxygen atoms in total. The van der Waals surface area contributed by atoms with Crippen molar-refractivity contribution in [2.75, 3.05) is 5.75 Å². The minimum Gasteiger partial charge on any atom is -0.490 e. The molecule has 0 bridgehead atoms. The number of hydrogen-bond donors (Lipinski definition) is 1. The smallest absolute Gasteiger partial charge is 0.119 e. The van der Waals surface area contributed by atoms with E-state index in [4.69, 9.17) is 4.74 Å². The van der Waals surface area contributed by atoms with Gasteiger partial charge >= 0.3 is 0 Å². The number of ether oxygens (including phenoxy) is 1. The summed E-state index contributed by atoms with van der Waals surface area (Å²) < 4.78 is 5.74. The average molecular weight is 264 g/mol. The molecule has 0 radical (unpaired) electrons. The van der Waals surface area contributed by atoms with E-state index in [2.05, 4.69) is 6.92 Å². The molecule has 0 spiro atoms. The summed E-state index contributed by atoms with van der Waals surface area (Å²) in [6, 6.07) is 8.05. The zero-order valence-corrected chi connectivity index (χ0v) is 11.6. The Morgan fingerprint density at radius 2 is 2.00 bits per heavy atom. The predicted molar refractivity (Wildman–Crippen MR) is 75.1 cm³/mol. The SMILES string of the molecule is CC1SCCCC1(O)c1ccc(OC2CC2)cc1. The molecule has 1 N–H and O–H groups in total. The van der Waals surface area contributed by atoms with E-state index in [0.29, 0.717) is 6.10 Å². The molecule has 3 rings (SSSR count). The van der Waals surface area contributed by atoms with Crippen LogP contribution in [0.4, 0.5) is 0 Å². The van der Waals surface area contributed by atoms with Crippen molar-refractivity contribution >= 4 is 11.8 Å². The van der Waals surface area contributed by atoms with Crippen LogP contribution in [0.1, 0.15) is 38.2 Å². The van der Waals surface area contributed by atoms with Gasteiger partial charge in [-0.25, -0.2) is 0 Å². The lowest BCUT2D eigenvalue weighted by atomic mass is 9.86. The first-order valence-electron chi connectivity index (χ1n) is 6.80. The summed E-state index contributed by atoms with van der Waals surface area (Å²) in [5, 5.41) is 11.1. The van der Waals surface area contributed by atoms with Crippen LogP contribution in [0.15, 0.2) is 24.3 Å². The summed E-state index contributed by atoms with van der Waals surface area (Å²) in [6.45, 7) is 2.12. The molecule has 2 atom stereocenters. The van der Waals surface area contributed by atoms with Gasteiger partial charge in [-0.15, -0.1) is 0 Å². The van der Waals surface area contributed by atoms with Crippen LogP contribution >= 0.6 is 11.8 Å². The van der Waals surface area contributed by atoms with Crippen LogP contribution in [0.25, 0.3) is 0 Å². The first-order valence-corrected chi connectivity index (χ1v) is 7.84. The maximum atomic E-state index is 10.8. The summed E-state index contributed by atoms with van der Waals surface area (Å²) in [7, 11) is 0. The first kappa shape index (κ1) is 12.4. The normalized spacial score (nSPS) is 32.2. The summed E-state index contributed by atoms with van der Waals surface area (Å²) in [5.41, 5.74) is 0.367. The Bertz CT molecular complexity index is 413. The molecule has 1 saturated heterocycles. The minimum absolute atomic E-state index is 0.265. The van der Waals surface area contributed by atoms with Gasteiger partial charge in [-0.2, -0.15) is 11.8 Å². The molecular weight excluding hydrogens is 244 g/mol. The zero-order valence-electron chi connectivity index (χ0n) is 10.8. The monoisotopic (exact) mass is 264 g/mol. The Balaban J connectivity index is 1.77. The zero-order chi connectivity index (χ0) is 12.6. The van der Waals surface area contributed by atoms with E-state index >= 15 is 0 Å². The fourth-order valence-electron chi connectivity index (χ4n) is 2.52. The molecule has 2 fully saturated rings. The number of aliphatic hydroxyl groups is 1. The molecule has 1 aromatic carbocycles. The van der Waals surface area contributed by atoms with E-state index in [1.165, 1.54) is 12.8 Å². The minimum atomic E-state index is -0.666. The van der Waals surface area contributed by atoms with E-state index in [1.54, 1.807) is 0 Å². The summed E-state index contributed by atoms with van der Waals surface area (Å²) >= 11 is 1.86. The molecule has 1 aliphatic heterocycles. The van der Waals surface area contributed by atoms with Gasteiger partial charge in [0.2, 0.25) is 0 Å². The summed E-state index contributed by atoms with van der Waals surface area (Å²) in [4.78, 5) is 0. The van der Waals surface area contributed by atoms with E-state index < -0.39 is 5.60 Å². The fourth-order valence-corrected chi connectivity index (χ4v) is 3.72. The lowest BCUT2D eigenvalue weighted by Crippen LogP contribution is -2.38. The van der Waals surface area contributed by atoms with Crippen LogP contribution in [0, 0.1) is 0 Å². The third kappa shape index (κ3) is 2.39. The van der Waals surface area contributed by atoms with Gasteiger partial charge in [0.25, 0.3) is 0 Å². The Kier molecular flexibility index (Phi) is 3.29. The number of rotatable bonds is 3. The van der Waals surface area contributed by atoms with Crippen LogP contribution in [-0.2, 0) is 5.60 Å². The molecule has 3 heteroatoms. The summed E-state index contributed by atoms with van der Waals surface area (Å²) in [5.74, 6) is 2.09. The number of benzene rings is 1. The lowest BCUT2D eigenvalue weighted by Gasteiger charge is -2.38. The van der Waals surface area contributed by atoms with Crippen LogP contribution < -0.4 is 4.74 Å². The maximum absolute atomic E-state index is 10.8. The van der Waals surface area contributed by atoms with Crippen molar-refractivity contribution in [1.82, 2.24) is 0 Å². The lowest BCUT2D eigenvalue weighted by molar-refractivity contribution is 0.0254. The van der Waals surface area contributed by atoms with Gasteiger partial charge in [-0.3, -0.25) is 0 Å². The second-order valence-electron chi connectivity index (χ2n) is 5.38. The molecule has 2 aliphatic rings. The highest BCUT2D eigenvalue weighted by atomic mass is 32.2. The van der Waals surface area contributed by atoms with Crippen LogP contribution in [0.3, 0.4) is 0 Å². The van der Waals surface area contributed by atoms with Gasteiger partial charge in [-0.05, 0) is 49.1 Å². The standard InChI is InChI=1S/C15H20O2S/c1-11-15(16,9-2-10-18-11)12-3-5-13(6-4-12)17-14-7-8-14/h3-6,11,14,16H,2,7-10H2,1H3. The maximum Gasteiger partial charge on any atom is 0.119 e. The Morgan fingerprint density at radius 1 is 1.28 bits per heavy atom. The molecule has 1 heterocycles. The molecule has 0 amide bonds. The summed E-state index contributed by atoms with van der Waals surface area (Å²) in [6.07, 6.45) is 4.75. The third-order valence-electron chi connectivity index (χ3n) is 3.92. The first-order chi connectivity index (χ1) is 8.68. The van der Waals surface area contributed by atoms with Gasteiger partial charge in [0.05, 0.1) is 6.10 Å². The van der Waals surface area contributed by atoms with Crippen molar-refractivity contribution in [1.29, 1.82) is 0 Å². The number of thioether (sulfide) groups is 1. The Morgan fingerprint density at radius 3 is 2.61 bits per heavy atom. The second-order valence-corrected chi connectivity index (χ2v) is 6.83. The molecule has 1 saturated carbocycles. The van der Waals surface area contributed by atoms with Crippen LogP contribution in [0.2, 0.25) is 0 Å². The average Bonchev–Trinajstić information content (AvgIpc) is 3.18. The quantitative estimate of drug-likeness (QED) is 0.908. The van der Waals surface area contributed by atoms with E-state index in [9.17, 15) is 5.11 Å². The van der Waals surface area contributed by atoms with E-state index in [-0.39, 0.29) is 5.25 Å². The van der Waals surface area contributed by atoms with Gasteiger partial charge in [0.1, 0.15) is 11.4 Å². The predicted octanol–water partition coefficient (Wildman–Crippen LogP) is 3.33. The van der Waals surface area contributed by atoms with Gasteiger partial charge in [0.15, 0.2) is 0 Å². The topological polar surface area (TPSA) is 29.5 Å². The van der Waals surface area contributed by atoms with E-state index in [0.717, 1.165) is 29.9 Å². The van der Waals surface area contributed by atoms with Crippen LogP contribution in [0.5, 0.6) is 5.75 Å². The van der Waals surface area contributed by atoms with Crippen LogP contribution in [-0.4, -0.2) is 22.2 Å². The molecule has 98 valence electrons. The highest BCUT2D eigenvalue weighted by Crippen LogP contribution is 2.41. The van der Waals surface area contributed by atoms with Gasteiger partial charge in [0, 0.05) is 5.25 Å². The fraction of sp³-hybridized carbons (Fsp3) is 0.600. The molecule has 0 aromatic heterocycles. The molecular formula is C15H20O2S. The van der Waals surface area contributed by atoms with Crippen molar-refractivity contribution in [2.45, 2.75) is 49.6 Å². The largest absolute Gasteiger partial charge is 0.490 e.